The number of thiophene rings is 1. The lowest BCUT2D eigenvalue weighted by Crippen LogP contribution is -2.36. The number of amides is 1. The van der Waals surface area contributed by atoms with Gasteiger partial charge in [0.2, 0.25) is 0 Å². The number of benzene rings is 2. The number of carbonyl (C=O) groups is 1. The van der Waals surface area contributed by atoms with E-state index < -0.39 is 0 Å². The molecule has 2 aromatic carbocycles. The van der Waals surface area contributed by atoms with Crippen LogP contribution in [0.4, 0.5) is 5.69 Å². The molecule has 0 spiro atoms. The summed E-state index contributed by atoms with van der Waals surface area (Å²) in [6.07, 6.45) is 7.07. The first-order valence-electron chi connectivity index (χ1n) is 12.6. The molecule has 0 atom stereocenters. The van der Waals surface area contributed by atoms with Gasteiger partial charge in [-0.2, -0.15) is 0 Å². The Balaban J connectivity index is 1.26. The number of aryl methyl sites for hydroxylation is 2. The molecule has 0 bridgehead atoms. The van der Waals surface area contributed by atoms with Gasteiger partial charge in [-0.15, -0.1) is 11.3 Å². The van der Waals surface area contributed by atoms with Crippen LogP contribution in [0.5, 0.6) is 0 Å². The van der Waals surface area contributed by atoms with Crippen molar-refractivity contribution >= 4 is 29.0 Å². The van der Waals surface area contributed by atoms with Crippen LogP contribution in [0, 0.1) is 6.92 Å². The van der Waals surface area contributed by atoms with E-state index in [4.69, 9.17) is 4.74 Å². The summed E-state index contributed by atoms with van der Waals surface area (Å²) < 4.78 is 5.49. The fourth-order valence-electron chi connectivity index (χ4n) is 5.06. The Hall–Kier alpha value is -2.73. The Morgan fingerprint density at radius 2 is 1.86 bits per heavy atom. The van der Waals surface area contributed by atoms with Gasteiger partial charge in [-0.05, 0) is 105 Å². The van der Waals surface area contributed by atoms with E-state index >= 15 is 0 Å². The van der Waals surface area contributed by atoms with Crippen molar-refractivity contribution in [2.24, 2.45) is 0 Å². The summed E-state index contributed by atoms with van der Waals surface area (Å²) in [5.41, 5.74) is 6.68. The van der Waals surface area contributed by atoms with Crippen LogP contribution in [0.1, 0.15) is 47.3 Å². The molecule has 1 aromatic heterocycles. The highest BCUT2D eigenvalue weighted by atomic mass is 32.1. The summed E-state index contributed by atoms with van der Waals surface area (Å²) >= 11 is 1.81. The molecule has 1 fully saturated rings. The molecule has 0 unspecified atom stereocenters. The first-order valence-corrected chi connectivity index (χ1v) is 13.5. The standard InChI is InChI=1S/C30H34N2O2S/c1-21-6-13-29(35-21)24-10-9-23-4-3-5-25(19-26(23)18-24)30(33)31-27-11-7-22(8-12-27)20-32(2)28-14-16-34-17-15-28/h6-13,18-19,28H,3-5,14-17,20H2,1-2H3,(H,31,33). The first-order chi connectivity index (χ1) is 17.0. The summed E-state index contributed by atoms with van der Waals surface area (Å²) in [6.45, 7) is 4.76. The minimum atomic E-state index is 0.00212. The molecule has 2 heterocycles. The normalized spacial score (nSPS) is 16.5. The number of nitrogens with zero attached hydrogens (tertiary/aromatic N) is 1. The van der Waals surface area contributed by atoms with E-state index in [-0.39, 0.29) is 5.91 Å². The summed E-state index contributed by atoms with van der Waals surface area (Å²) in [5, 5.41) is 3.13. The smallest absolute Gasteiger partial charge is 0.251 e. The van der Waals surface area contributed by atoms with Crippen LogP contribution < -0.4 is 5.32 Å². The van der Waals surface area contributed by atoms with Gasteiger partial charge in [-0.1, -0.05) is 24.3 Å². The fraction of sp³-hybridized carbons (Fsp3) is 0.367. The quantitative estimate of drug-likeness (QED) is 0.422. The minimum absolute atomic E-state index is 0.00212. The number of hydrogen-bond acceptors (Lipinski definition) is 4. The predicted octanol–water partition coefficient (Wildman–Crippen LogP) is 6.69. The topological polar surface area (TPSA) is 41.6 Å². The molecule has 1 saturated heterocycles. The molecule has 4 nitrogen and oxygen atoms in total. The third kappa shape index (κ3) is 5.92. The molecule has 5 rings (SSSR count). The summed E-state index contributed by atoms with van der Waals surface area (Å²) in [4.78, 5) is 18.2. The van der Waals surface area contributed by atoms with Crippen molar-refractivity contribution in [1.29, 1.82) is 0 Å². The molecular weight excluding hydrogens is 452 g/mol. The van der Waals surface area contributed by atoms with Crippen LogP contribution in [0.3, 0.4) is 0 Å². The molecule has 3 aromatic rings. The number of anilines is 1. The van der Waals surface area contributed by atoms with Gasteiger partial charge in [-0.25, -0.2) is 0 Å². The molecule has 182 valence electrons. The van der Waals surface area contributed by atoms with Crippen LogP contribution in [0.15, 0.2) is 60.2 Å². The number of nitrogens with one attached hydrogen (secondary N) is 1. The van der Waals surface area contributed by atoms with Crippen molar-refractivity contribution in [3.8, 4) is 10.4 Å². The molecule has 0 saturated carbocycles. The van der Waals surface area contributed by atoms with Crippen molar-refractivity contribution in [1.82, 2.24) is 4.90 Å². The van der Waals surface area contributed by atoms with Crippen molar-refractivity contribution in [2.75, 3.05) is 25.6 Å². The maximum Gasteiger partial charge on any atom is 0.251 e. The number of fused-ring (bicyclic) bond motifs is 1. The first kappa shape index (κ1) is 24.0. The zero-order valence-corrected chi connectivity index (χ0v) is 21.5. The van der Waals surface area contributed by atoms with Crippen molar-refractivity contribution in [3.05, 3.63) is 81.7 Å². The Labute approximate surface area is 212 Å². The predicted molar refractivity (Wildman–Crippen MR) is 146 cm³/mol. The number of ether oxygens (including phenoxy) is 1. The minimum Gasteiger partial charge on any atom is -0.381 e. The zero-order valence-electron chi connectivity index (χ0n) is 20.7. The lowest BCUT2D eigenvalue weighted by molar-refractivity contribution is -0.112. The molecule has 35 heavy (non-hydrogen) atoms. The van der Waals surface area contributed by atoms with E-state index in [9.17, 15) is 4.79 Å². The third-order valence-electron chi connectivity index (χ3n) is 7.14. The van der Waals surface area contributed by atoms with Gasteiger partial charge in [0.25, 0.3) is 5.91 Å². The Kier molecular flexibility index (Phi) is 7.47. The summed E-state index contributed by atoms with van der Waals surface area (Å²) in [6, 6.07) is 19.9. The summed E-state index contributed by atoms with van der Waals surface area (Å²) in [5.74, 6) is 0.00212. The highest BCUT2D eigenvalue weighted by Crippen LogP contribution is 2.32. The van der Waals surface area contributed by atoms with E-state index in [0.717, 1.165) is 63.1 Å². The van der Waals surface area contributed by atoms with Gasteiger partial charge in [0.1, 0.15) is 0 Å². The lowest BCUT2D eigenvalue weighted by atomic mass is 10.0. The van der Waals surface area contributed by atoms with Gasteiger partial charge < -0.3 is 10.1 Å². The molecule has 5 heteroatoms. The van der Waals surface area contributed by atoms with E-state index in [1.165, 1.54) is 32.0 Å². The maximum absolute atomic E-state index is 13.2. The Bertz CT molecular complexity index is 1210. The van der Waals surface area contributed by atoms with Crippen LogP contribution >= 0.6 is 11.3 Å². The lowest BCUT2D eigenvalue weighted by Gasteiger charge is -2.31. The molecule has 1 aliphatic carbocycles. The number of carbonyl (C=O) groups excluding carboxylic acids is 1. The van der Waals surface area contributed by atoms with Crippen LogP contribution in [0.2, 0.25) is 0 Å². The Morgan fingerprint density at radius 3 is 2.60 bits per heavy atom. The number of hydrogen-bond donors (Lipinski definition) is 1. The fourth-order valence-corrected chi connectivity index (χ4v) is 5.92. The van der Waals surface area contributed by atoms with Gasteiger partial charge >= 0.3 is 0 Å². The van der Waals surface area contributed by atoms with Gasteiger partial charge in [0, 0.05) is 46.8 Å². The van der Waals surface area contributed by atoms with Gasteiger partial charge in [-0.3, -0.25) is 9.69 Å². The van der Waals surface area contributed by atoms with E-state index in [1.54, 1.807) is 0 Å². The second kappa shape index (κ2) is 10.9. The van der Waals surface area contributed by atoms with Crippen LogP contribution in [0.25, 0.3) is 16.5 Å². The van der Waals surface area contributed by atoms with E-state index in [2.05, 4.69) is 72.7 Å². The van der Waals surface area contributed by atoms with Crippen LogP contribution in [-0.4, -0.2) is 37.1 Å². The van der Waals surface area contributed by atoms with Gasteiger partial charge in [0.05, 0.1) is 0 Å². The second-order valence-electron chi connectivity index (χ2n) is 9.76. The molecule has 0 radical (unpaired) electrons. The molecule has 1 aliphatic heterocycles. The van der Waals surface area contributed by atoms with Crippen molar-refractivity contribution in [2.45, 2.75) is 51.6 Å². The highest BCUT2D eigenvalue weighted by Gasteiger charge is 2.19. The molecule has 1 amide bonds. The second-order valence-corrected chi connectivity index (χ2v) is 11.0. The third-order valence-corrected chi connectivity index (χ3v) is 8.19. The Morgan fingerprint density at radius 1 is 1.06 bits per heavy atom. The highest BCUT2D eigenvalue weighted by molar-refractivity contribution is 7.15. The summed E-state index contributed by atoms with van der Waals surface area (Å²) in [7, 11) is 2.19. The molecule has 1 N–H and O–H groups in total. The van der Waals surface area contributed by atoms with Crippen molar-refractivity contribution < 1.29 is 9.53 Å². The average Bonchev–Trinajstić information content (AvgIpc) is 3.20. The van der Waals surface area contributed by atoms with Gasteiger partial charge in [0.15, 0.2) is 0 Å². The average molecular weight is 487 g/mol. The maximum atomic E-state index is 13.2. The molecule has 2 aliphatic rings. The van der Waals surface area contributed by atoms with E-state index in [1.807, 2.05) is 23.5 Å². The van der Waals surface area contributed by atoms with E-state index in [0.29, 0.717) is 6.04 Å². The zero-order chi connectivity index (χ0) is 24.2. The molecular formula is C30H34N2O2S. The number of rotatable bonds is 6. The monoisotopic (exact) mass is 486 g/mol. The van der Waals surface area contributed by atoms with Crippen molar-refractivity contribution in [3.63, 3.8) is 0 Å². The largest absolute Gasteiger partial charge is 0.381 e. The SMILES string of the molecule is Cc1ccc(-c2ccc3c(c2)C=C(C(=O)Nc2ccc(CN(C)C4CCOCC4)cc2)CCC3)s1. The van der Waals surface area contributed by atoms with Crippen LogP contribution in [-0.2, 0) is 22.5 Å².